The molecule has 0 aliphatic heterocycles. The van der Waals surface area contributed by atoms with E-state index in [-0.39, 0.29) is 6.42 Å². The molecule has 1 aromatic rings. The number of anilines is 1. The van der Waals surface area contributed by atoms with Gasteiger partial charge in [-0.25, -0.2) is 0 Å². The number of methoxy groups -OCH3 is 2. The predicted octanol–water partition coefficient (Wildman–Crippen LogP) is 1.14. The van der Waals surface area contributed by atoms with Crippen LogP contribution in [-0.4, -0.2) is 56.7 Å². The first kappa shape index (κ1) is 19.9. The Labute approximate surface area is 152 Å². The minimum absolute atomic E-state index is 0.321. The van der Waals surface area contributed by atoms with Crippen LogP contribution in [0.3, 0.4) is 0 Å². The average Bonchev–Trinajstić information content (AvgIpc) is 2.59. The van der Waals surface area contributed by atoms with E-state index >= 15 is 0 Å². The van der Waals surface area contributed by atoms with Gasteiger partial charge in [-0.2, -0.15) is 0 Å². The Morgan fingerprint density at radius 1 is 1.12 bits per heavy atom. The van der Waals surface area contributed by atoms with Crippen LogP contribution in [0, 0.1) is 11.8 Å². The number of ketones is 1. The highest BCUT2D eigenvalue weighted by molar-refractivity contribution is 6.02. The highest BCUT2D eigenvalue weighted by atomic mass is 16.5. The fourth-order valence-electron chi connectivity index (χ4n) is 3.66. The van der Waals surface area contributed by atoms with Crippen molar-refractivity contribution in [2.75, 3.05) is 33.2 Å². The number of hydrogen-bond acceptors (Lipinski definition) is 7. The van der Waals surface area contributed by atoms with E-state index in [2.05, 4.69) is 0 Å². The molecule has 1 fully saturated rings. The maximum Gasteiger partial charge on any atom is 0.316 e. The lowest BCUT2D eigenvalue weighted by atomic mass is 9.62. The van der Waals surface area contributed by atoms with Gasteiger partial charge in [-0.05, 0) is 24.6 Å². The van der Waals surface area contributed by atoms with Gasteiger partial charge in [-0.15, -0.1) is 0 Å². The lowest BCUT2D eigenvalue weighted by molar-refractivity contribution is -0.170. The number of benzene rings is 1. The number of esters is 2. The molecular formula is C19H25NO6. The Morgan fingerprint density at radius 3 is 2.12 bits per heavy atom. The molecule has 0 radical (unpaired) electrons. The Hall–Kier alpha value is -2.41. The van der Waals surface area contributed by atoms with E-state index in [1.54, 1.807) is 12.1 Å². The summed E-state index contributed by atoms with van der Waals surface area (Å²) in [6, 6.07) is 7.15. The third-order valence-corrected chi connectivity index (χ3v) is 4.97. The molecule has 0 bridgehead atoms. The topological polar surface area (TPSA) is 93.1 Å². The molecule has 1 saturated carbocycles. The van der Waals surface area contributed by atoms with Crippen molar-refractivity contribution >= 4 is 23.4 Å². The van der Waals surface area contributed by atoms with E-state index < -0.39 is 41.1 Å². The monoisotopic (exact) mass is 363 g/mol. The van der Waals surface area contributed by atoms with Crippen molar-refractivity contribution < 1.29 is 29.0 Å². The van der Waals surface area contributed by atoms with Gasteiger partial charge in [0.2, 0.25) is 0 Å². The van der Waals surface area contributed by atoms with Crippen LogP contribution in [0.15, 0.2) is 24.3 Å². The molecule has 0 saturated heterocycles. The summed E-state index contributed by atoms with van der Waals surface area (Å²) in [5.74, 6) is -4.96. The zero-order valence-corrected chi connectivity index (χ0v) is 15.7. The van der Waals surface area contributed by atoms with E-state index in [9.17, 15) is 19.5 Å². The van der Waals surface area contributed by atoms with Crippen molar-refractivity contribution in [2.45, 2.75) is 24.9 Å². The maximum atomic E-state index is 12.6. The van der Waals surface area contributed by atoms with E-state index in [0.29, 0.717) is 5.56 Å². The van der Waals surface area contributed by atoms with Crippen molar-refractivity contribution in [3.63, 3.8) is 0 Å². The van der Waals surface area contributed by atoms with Crippen molar-refractivity contribution in [1.29, 1.82) is 0 Å². The summed E-state index contributed by atoms with van der Waals surface area (Å²) in [6.45, 7) is 1.42. The molecule has 4 atom stereocenters. The number of carbonyl (C=O) groups is 3. The van der Waals surface area contributed by atoms with E-state index in [0.717, 1.165) is 5.69 Å². The second-order valence-electron chi connectivity index (χ2n) is 7.01. The normalized spacial score (nSPS) is 28.4. The zero-order chi connectivity index (χ0) is 19.6. The number of carbonyl (C=O) groups excluding carboxylic acids is 3. The quantitative estimate of drug-likeness (QED) is 0.633. The lowest BCUT2D eigenvalue weighted by Crippen LogP contribution is -2.55. The van der Waals surface area contributed by atoms with Crippen LogP contribution in [0.5, 0.6) is 0 Å². The molecule has 1 aliphatic carbocycles. The number of aliphatic hydroxyl groups is 1. The van der Waals surface area contributed by atoms with E-state index in [1.165, 1.54) is 21.1 Å². The van der Waals surface area contributed by atoms with Gasteiger partial charge in [0.15, 0.2) is 5.78 Å². The van der Waals surface area contributed by atoms with Gasteiger partial charge >= 0.3 is 11.9 Å². The summed E-state index contributed by atoms with van der Waals surface area (Å²) in [6.07, 6.45) is -0.321. The minimum Gasteiger partial charge on any atom is -0.469 e. The highest BCUT2D eigenvalue weighted by Gasteiger charge is 2.56. The fourth-order valence-corrected chi connectivity index (χ4v) is 3.66. The van der Waals surface area contributed by atoms with E-state index in [1.807, 2.05) is 31.1 Å². The summed E-state index contributed by atoms with van der Waals surface area (Å²) >= 11 is 0. The molecule has 26 heavy (non-hydrogen) atoms. The summed E-state index contributed by atoms with van der Waals surface area (Å²) in [4.78, 5) is 39.3. The van der Waals surface area contributed by atoms with Gasteiger partial charge in [-0.3, -0.25) is 14.4 Å². The average molecular weight is 363 g/mol. The molecule has 2 rings (SSSR count). The Kier molecular flexibility index (Phi) is 5.71. The summed E-state index contributed by atoms with van der Waals surface area (Å²) in [5.41, 5.74) is -0.110. The SMILES string of the molecule is COC(=O)[C@H]1C(=O)C[C@](C)(O)[C@H](C(=O)OC)[C@H]1c1ccc(N(C)C)cc1. The summed E-state index contributed by atoms with van der Waals surface area (Å²) < 4.78 is 9.67. The van der Waals surface area contributed by atoms with Gasteiger partial charge in [0, 0.05) is 32.1 Å². The molecule has 7 heteroatoms. The Morgan fingerprint density at radius 2 is 1.65 bits per heavy atom. The fraction of sp³-hybridized carbons (Fsp3) is 0.526. The third-order valence-electron chi connectivity index (χ3n) is 4.97. The summed E-state index contributed by atoms with van der Waals surface area (Å²) in [7, 11) is 6.19. The number of ether oxygens (including phenoxy) is 2. The second kappa shape index (κ2) is 7.45. The molecule has 142 valence electrons. The summed E-state index contributed by atoms with van der Waals surface area (Å²) in [5, 5.41) is 10.8. The molecule has 1 aromatic carbocycles. The molecule has 1 N–H and O–H groups in total. The minimum atomic E-state index is -1.63. The molecule has 0 unspecified atom stereocenters. The number of rotatable bonds is 4. The first-order valence-electron chi connectivity index (χ1n) is 8.32. The van der Waals surface area contributed by atoms with Crippen LogP contribution < -0.4 is 4.90 Å². The smallest absolute Gasteiger partial charge is 0.316 e. The van der Waals surface area contributed by atoms with Gasteiger partial charge < -0.3 is 19.5 Å². The van der Waals surface area contributed by atoms with Gasteiger partial charge in [0.05, 0.1) is 25.7 Å². The third kappa shape index (κ3) is 3.58. The molecule has 7 nitrogen and oxygen atoms in total. The zero-order valence-electron chi connectivity index (χ0n) is 15.7. The van der Waals surface area contributed by atoms with E-state index in [4.69, 9.17) is 9.47 Å². The van der Waals surface area contributed by atoms with Crippen molar-refractivity contribution in [2.24, 2.45) is 11.8 Å². The van der Waals surface area contributed by atoms with Crippen LogP contribution in [0.1, 0.15) is 24.8 Å². The predicted molar refractivity (Wildman–Crippen MR) is 94.8 cm³/mol. The van der Waals surface area contributed by atoms with Gasteiger partial charge in [0.25, 0.3) is 0 Å². The molecule has 0 heterocycles. The van der Waals surface area contributed by atoms with Crippen LogP contribution in [0.2, 0.25) is 0 Å². The molecule has 0 spiro atoms. The maximum absolute atomic E-state index is 12.6. The highest BCUT2D eigenvalue weighted by Crippen LogP contribution is 2.46. The second-order valence-corrected chi connectivity index (χ2v) is 7.01. The number of Topliss-reactive ketones (excluding diaryl/α,β-unsaturated/α-hetero) is 1. The van der Waals surface area contributed by atoms with Gasteiger partial charge in [-0.1, -0.05) is 12.1 Å². The van der Waals surface area contributed by atoms with Crippen LogP contribution in [0.4, 0.5) is 5.69 Å². The van der Waals surface area contributed by atoms with Gasteiger partial charge in [0.1, 0.15) is 5.92 Å². The van der Waals surface area contributed by atoms with Crippen molar-refractivity contribution in [1.82, 2.24) is 0 Å². The lowest BCUT2D eigenvalue weighted by Gasteiger charge is -2.43. The number of hydrogen-bond donors (Lipinski definition) is 1. The van der Waals surface area contributed by atoms with Crippen molar-refractivity contribution in [3.05, 3.63) is 29.8 Å². The largest absolute Gasteiger partial charge is 0.469 e. The van der Waals surface area contributed by atoms with Crippen molar-refractivity contribution in [3.8, 4) is 0 Å². The Bertz CT molecular complexity index is 694. The Balaban J connectivity index is 2.61. The van der Waals surface area contributed by atoms with Crippen LogP contribution >= 0.6 is 0 Å². The van der Waals surface area contributed by atoms with Crippen LogP contribution in [0.25, 0.3) is 0 Å². The molecule has 1 aliphatic rings. The molecular weight excluding hydrogens is 338 g/mol. The first-order valence-corrected chi connectivity index (χ1v) is 8.32. The molecule has 0 amide bonds. The number of nitrogens with zero attached hydrogens (tertiary/aromatic N) is 1. The molecule has 0 aromatic heterocycles. The first-order chi connectivity index (χ1) is 12.1. The standard InChI is InChI=1S/C19H25NO6/c1-19(24)10-13(21)15(17(22)25-4)14(16(19)18(23)26-5)11-6-8-12(9-7-11)20(2)3/h6-9,14-16,24H,10H2,1-5H3/t14-,15-,16-,19-/m0/s1. The van der Waals surface area contributed by atoms with Crippen LogP contribution in [-0.2, 0) is 23.9 Å².